The molecule has 0 radical (unpaired) electrons. The van der Waals surface area contributed by atoms with Crippen molar-refractivity contribution in [1.29, 1.82) is 0 Å². The Balaban J connectivity index is 1.36. The van der Waals surface area contributed by atoms with Crippen molar-refractivity contribution in [3.63, 3.8) is 0 Å². The van der Waals surface area contributed by atoms with Gasteiger partial charge in [-0.25, -0.2) is 9.97 Å². The molecular weight excluding hydrogens is 426 g/mol. The third-order valence-electron chi connectivity index (χ3n) is 5.66. The van der Waals surface area contributed by atoms with Gasteiger partial charge in [-0.05, 0) is 56.5 Å². The molecule has 1 aliphatic rings. The lowest BCUT2D eigenvalue weighted by Gasteiger charge is -2.36. The van der Waals surface area contributed by atoms with Crippen LogP contribution in [0.25, 0.3) is 17.5 Å². The van der Waals surface area contributed by atoms with Gasteiger partial charge in [0.25, 0.3) is 0 Å². The number of hydrogen-bond donors (Lipinski definition) is 1. The summed E-state index contributed by atoms with van der Waals surface area (Å²) < 4.78 is 11.2. The van der Waals surface area contributed by atoms with Crippen LogP contribution in [-0.2, 0) is 11.2 Å². The molecule has 1 aliphatic carbocycles. The van der Waals surface area contributed by atoms with E-state index in [-0.39, 0.29) is 0 Å². The minimum Gasteiger partial charge on any atom is -0.480 e. The summed E-state index contributed by atoms with van der Waals surface area (Å²) in [5, 5.41) is 9.39. The van der Waals surface area contributed by atoms with Crippen molar-refractivity contribution in [3.8, 4) is 11.5 Å². The molecular formula is C24H27N3O4S. The number of carbonyl (C=O) groups is 1. The van der Waals surface area contributed by atoms with Crippen LogP contribution >= 0.6 is 11.8 Å². The standard InChI is InChI=1S/C24H27N3O4S/c1-16-20(26-22(30-16)17-7-10-21(25-15-17)27(2)3)14-19-9-8-18(31-19)6-4-13-32-24(23(28)29)11-5-12-24/h4,6-10,15H,5,11-14H2,1-3H3,(H,28,29). The van der Waals surface area contributed by atoms with E-state index in [1.807, 2.05) is 62.3 Å². The van der Waals surface area contributed by atoms with E-state index >= 15 is 0 Å². The van der Waals surface area contributed by atoms with Gasteiger partial charge >= 0.3 is 5.97 Å². The van der Waals surface area contributed by atoms with E-state index in [1.165, 1.54) is 11.8 Å². The fourth-order valence-electron chi connectivity index (χ4n) is 3.53. The minimum atomic E-state index is -0.700. The molecule has 1 fully saturated rings. The van der Waals surface area contributed by atoms with Crippen LogP contribution < -0.4 is 4.90 Å². The summed E-state index contributed by atoms with van der Waals surface area (Å²) in [6.07, 6.45) is 8.64. The van der Waals surface area contributed by atoms with Crippen LogP contribution in [-0.4, -0.2) is 45.6 Å². The van der Waals surface area contributed by atoms with Crippen molar-refractivity contribution in [2.24, 2.45) is 0 Å². The first kappa shape index (κ1) is 22.2. The summed E-state index contributed by atoms with van der Waals surface area (Å²) in [5.41, 5.74) is 1.65. The summed E-state index contributed by atoms with van der Waals surface area (Å²) in [6.45, 7) is 1.90. The number of aliphatic carboxylic acids is 1. The fourth-order valence-corrected chi connectivity index (χ4v) is 4.74. The molecule has 0 aliphatic heterocycles. The third kappa shape index (κ3) is 4.75. The normalized spacial score (nSPS) is 15.1. The maximum atomic E-state index is 11.4. The fraction of sp³-hybridized carbons (Fsp3) is 0.375. The highest BCUT2D eigenvalue weighted by Gasteiger charge is 2.44. The molecule has 8 heteroatoms. The Morgan fingerprint density at radius 1 is 1.25 bits per heavy atom. The lowest BCUT2D eigenvalue weighted by Crippen LogP contribution is -2.42. The van der Waals surface area contributed by atoms with Crippen LogP contribution in [0.4, 0.5) is 5.82 Å². The molecule has 0 saturated heterocycles. The number of nitrogens with zero attached hydrogens (tertiary/aromatic N) is 3. The number of anilines is 1. The number of rotatable bonds is 9. The first-order valence-electron chi connectivity index (χ1n) is 10.6. The van der Waals surface area contributed by atoms with Crippen molar-refractivity contribution in [3.05, 3.63) is 59.5 Å². The van der Waals surface area contributed by atoms with Gasteiger partial charge in [0, 0.05) is 26.0 Å². The second kappa shape index (κ2) is 9.24. The average molecular weight is 454 g/mol. The molecule has 1 N–H and O–H groups in total. The summed E-state index contributed by atoms with van der Waals surface area (Å²) >= 11 is 1.49. The highest BCUT2D eigenvalue weighted by Crippen LogP contribution is 2.44. The molecule has 0 atom stereocenters. The molecule has 168 valence electrons. The monoisotopic (exact) mass is 453 g/mol. The summed E-state index contributed by atoms with van der Waals surface area (Å²) in [7, 11) is 3.89. The van der Waals surface area contributed by atoms with Crippen LogP contribution in [0.15, 0.2) is 45.4 Å². The molecule has 0 spiro atoms. The van der Waals surface area contributed by atoms with Crippen molar-refractivity contribution in [2.45, 2.75) is 37.4 Å². The van der Waals surface area contributed by atoms with Crippen molar-refractivity contribution in [1.82, 2.24) is 9.97 Å². The smallest absolute Gasteiger partial charge is 0.319 e. The van der Waals surface area contributed by atoms with Gasteiger partial charge in [-0.15, -0.1) is 11.8 Å². The van der Waals surface area contributed by atoms with Gasteiger partial charge in [-0.1, -0.05) is 6.08 Å². The number of carboxylic acid groups (broad SMARTS) is 1. The number of pyridine rings is 1. The van der Waals surface area contributed by atoms with Gasteiger partial charge in [0.05, 0.1) is 17.7 Å². The average Bonchev–Trinajstić information content (AvgIpc) is 3.33. The maximum Gasteiger partial charge on any atom is 0.319 e. The van der Waals surface area contributed by atoms with E-state index in [2.05, 4.69) is 9.97 Å². The van der Waals surface area contributed by atoms with E-state index in [0.29, 0.717) is 18.1 Å². The maximum absolute atomic E-state index is 11.4. The zero-order valence-corrected chi connectivity index (χ0v) is 19.3. The minimum absolute atomic E-state index is 0.531. The number of aromatic nitrogens is 2. The molecule has 4 rings (SSSR count). The quantitative estimate of drug-likeness (QED) is 0.481. The molecule has 0 unspecified atom stereocenters. The van der Waals surface area contributed by atoms with Crippen molar-refractivity contribution < 1.29 is 18.7 Å². The van der Waals surface area contributed by atoms with Gasteiger partial charge in [0.2, 0.25) is 5.89 Å². The Bertz CT molecular complexity index is 1110. The Hall–Kier alpha value is -3.00. The summed E-state index contributed by atoms with van der Waals surface area (Å²) in [4.78, 5) is 22.4. The van der Waals surface area contributed by atoms with Gasteiger partial charge in [-0.3, -0.25) is 4.79 Å². The van der Waals surface area contributed by atoms with E-state index < -0.39 is 10.7 Å². The lowest BCUT2D eigenvalue weighted by atomic mass is 9.84. The van der Waals surface area contributed by atoms with Gasteiger partial charge < -0.3 is 18.8 Å². The van der Waals surface area contributed by atoms with Crippen LogP contribution in [0.1, 0.15) is 42.2 Å². The van der Waals surface area contributed by atoms with E-state index in [0.717, 1.165) is 53.6 Å². The number of furan rings is 1. The second-order valence-corrected chi connectivity index (χ2v) is 9.57. The Kier molecular flexibility index (Phi) is 6.41. The van der Waals surface area contributed by atoms with E-state index in [1.54, 1.807) is 6.20 Å². The highest BCUT2D eigenvalue weighted by atomic mass is 32.2. The molecule has 32 heavy (non-hydrogen) atoms. The molecule has 3 heterocycles. The highest BCUT2D eigenvalue weighted by molar-refractivity contribution is 8.01. The van der Waals surface area contributed by atoms with Gasteiger partial charge in [0.1, 0.15) is 27.8 Å². The first-order chi connectivity index (χ1) is 15.4. The van der Waals surface area contributed by atoms with E-state index in [9.17, 15) is 9.90 Å². The largest absolute Gasteiger partial charge is 0.480 e. The Labute approximate surface area is 191 Å². The first-order valence-corrected chi connectivity index (χ1v) is 11.6. The van der Waals surface area contributed by atoms with Crippen LogP contribution in [0.5, 0.6) is 0 Å². The molecule has 1 saturated carbocycles. The van der Waals surface area contributed by atoms with Crippen molar-refractivity contribution in [2.75, 3.05) is 24.7 Å². The summed E-state index contributed by atoms with van der Waals surface area (Å²) in [5.74, 6) is 3.65. The topological polar surface area (TPSA) is 92.6 Å². The van der Waals surface area contributed by atoms with E-state index in [4.69, 9.17) is 8.83 Å². The van der Waals surface area contributed by atoms with Crippen LogP contribution in [0.3, 0.4) is 0 Å². The van der Waals surface area contributed by atoms with Crippen molar-refractivity contribution >= 4 is 29.6 Å². The predicted octanol–water partition coefficient (Wildman–Crippen LogP) is 5.05. The number of thioether (sulfide) groups is 1. The predicted molar refractivity (Wildman–Crippen MR) is 126 cm³/mol. The number of oxazole rings is 1. The molecule has 0 amide bonds. The zero-order valence-electron chi connectivity index (χ0n) is 18.5. The van der Waals surface area contributed by atoms with Gasteiger partial charge in [0.15, 0.2) is 0 Å². The number of aryl methyl sites for hydroxylation is 1. The summed E-state index contributed by atoms with van der Waals surface area (Å²) in [6, 6.07) is 7.72. The molecule has 3 aromatic rings. The third-order valence-corrected chi connectivity index (χ3v) is 7.15. The van der Waals surface area contributed by atoms with Crippen LogP contribution in [0, 0.1) is 6.92 Å². The molecule has 7 nitrogen and oxygen atoms in total. The molecule has 3 aromatic heterocycles. The Morgan fingerprint density at radius 2 is 2.06 bits per heavy atom. The SMILES string of the molecule is Cc1oc(-c2ccc(N(C)C)nc2)nc1Cc1ccc(C=CCSC2(C(=O)O)CCC2)o1. The van der Waals surface area contributed by atoms with Gasteiger partial charge in [-0.2, -0.15) is 0 Å². The number of carboxylic acids is 1. The molecule has 0 bridgehead atoms. The van der Waals surface area contributed by atoms with Crippen LogP contribution in [0.2, 0.25) is 0 Å². The lowest BCUT2D eigenvalue weighted by molar-refractivity contribution is -0.142. The Morgan fingerprint density at radius 3 is 2.69 bits per heavy atom. The second-order valence-electron chi connectivity index (χ2n) is 8.17. The number of hydrogen-bond acceptors (Lipinski definition) is 7. The zero-order chi connectivity index (χ0) is 22.7. The molecule has 0 aromatic carbocycles.